The van der Waals surface area contributed by atoms with Crippen LogP contribution in [0.2, 0.25) is 0 Å². The van der Waals surface area contributed by atoms with Crippen molar-refractivity contribution in [3.8, 4) is 17.0 Å². The molecule has 0 saturated carbocycles. The normalized spacial score (nSPS) is 14.5. The van der Waals surface area contributed by atoms with Crippen LogP contribution in [0.25, 0.3) is 22.0 Å². The van der Waals surface area contributed by atoms with Gasteiger partial charge in [0.2, 0.25) is 0 Å². The molecule has 2 heterocycles. The van der Waals surface area contributed by atoms with Gasteiger partial charge in [0.05, 0.1) is 24.2 Å². The van der Waals surface area contributed by atoms with Crippen LogP contribution in [-0.4, -0.2) is 20.7 Å². The Bertz CT molecular complexity index is 1310. The van der Waals surface area contributed by atoms with Gasteiger partial charge in [-0.25, -0.2) is 8.42 Å². The van der Waals surface area contributed by atoms with E-state index in [0.29, 0.717) is 27.8 Å². The van der Waals surface area contributed by atoms with Gasteiger partial charge in [-0.2, -0.15) is 0 Å². The van der Waals surface area contributed by atoms with Gasteiger partial charge in [0.25, 0.3) is 10.0 Å². The van der Waals surface area contributed by atoms with E-state index in [1.54, 1.807) is 25.3 Å². The zero-order valence-corrected chi connectivity index (χ0v) is 15.8. The number of anilines is 1. The Labute approximate surface area is 162 Å². The molecule has 0 fully saturated rings. The molecule has 1 aliphatic rings. The molecule has 0 aliphatic carbocycles. The van der Waals surface area contributed by atoms with Crippen molar-refractivity contribution in [2.45, 2.75) is 11.4 Å². The Morgan fingerprint density at radius 1 is 1.04 bits per heavy atom. The van der Waals surface area contributed by atoms with Crippen LogP contribution in [0.15, 0.2) is 76.1 Å². The Morgan fingerprint density at radius 3 is 2.64 bits per heavy atom. The maximum atomic E-state index is 13.1. The fraction of sp³-hybridized carbons (Fsp3) is 0.0952. The second kappa shape index (κ2) is 6.10. The van der Waals surface area contributed by atoms with E-state index in [9.17, 15) is 8.42 Å². The van der Waals surface area contributed by atoms with Crippen molar-refractivity contribution in [2.24, 2.45) is 0 Å². The minimum Gasteiger partial charge on any atom is -0.496 e. The average molecular weight is 392 g/mol. The number of methoxy groups -OCH3 is 1. The van der Waals surface area contributed by atoms with Gasteiger partial charge in [-0.1, -0.05) is 41.6 Å². The largest absolute Gasteiger partial charge is 0.496 e. The van der Waals surface area contributed by atoms with Crippen LogP contribution < -0.4 is 9.04 Å². The number of sulfonamides is 1. The lowest BCUT2D eigenvalue weighted by atomic mass is 10.1. The molecule has 0 spiro atoms. The molecule has 7 heteroatoms. The predicted molar refractivity (Wildman–Crippen MR) is 106 cm³/mol. The highest BCUT2D eigenvalue weighted by atomic mass is 32.2. The van der Waals surface area contributed by atoms with Gasteiger partial charge in [-0.15, -0.1) is 0 Å². The van der Waals surface area contributed by atoms with E-state index in [-0.39, 0.29) is 6.54 Å². The molecule has 0 radical (unpaired) electrons. The minimum atomic E-state index is -3.64. The maximum absolute atomic E-state index is 13.1. The van der Waals surface area contributed by atoms with E-state index in [1.807, 2.05) is 48.5 Å². The number of hydrogen-bond acceptors (Lipinski definition) is 5. The Kier molecular flexibility index (Phi) is 3.67. The minimum absolute atomic E-state index is 0.0677. The average Bonchev–Trinajstić information content (AvgIpc) is 3.27. The highest BCUT2D eigenvalue weighted by Crippen LogP contribution is 2.43. The third kappa shape index (κ3) is 2.40. The van der Waals surface area contributed by atoms with Gasteiger partial charge < -0.3 is 9.26 Å². The second-order valence-corrected chi connectivity index (χ2v) is 8.35. The van der Waals surface area contributed by atoms with Crippen LogP contribution in [0, 0.1) is 0 Å². The molecule has 4 aromatic rings. The van der Waals surface area contributed by atoms with E-state index >= 15 is 0 Å². The first kappa shape index (κ1) is 16.8. The Balaban J connectivity index is 1.55. The lowest BCUT2D eigenvalue weighted by Crippen LogP contribution is -2.26. The van der Waals surface area contributed by atoms with E-state index in [2.05, 4.69) is 5.16 Å². The van der Waals surface area contributed by atoms with Crippen molar-refractivity contribution in [3.63, 3.8) is 0 Å². The highest BCUT2D eigenvalue weighted by molar-refractivity contribution is 7.93. The number of hydrogen-bond donors (Lipinski definition) is 0. The summed E-state index contributed by atoms with van der Waals surface area (Å²) >= 11 is 0. The first-order chi connectivity index (χ1) is 13.6. The van der Waals surface area contributed by atoms with Crippen molar-refractivity contribution in [2.75, 3.05) is 11.4 Å². The van der Waals surface area contributed by atoms with E-state index in [1.165, 1.54) is 4.31 Å². The summed E-state index contributed by atoms with van der Waals surface area (Å²) in [5.41, 5.74) is 2.04. The molecule has 140 valence electrons. The highest BCUT2D eigenvalue weighted by Gasteiger charge is 2.36. The molecule has 1 aliphatic heterocycles. The standard InChI is InChI=1S/C21H16N2O4S/c1-26-19-10-3-2-8-16(19)17-12-15(27-22-17)13-23-18-9-4-6-14-7-5-11-20(21(14)18)28(23,24)25/h2-12H,13H2,1H3. The van der Waals surface area contributed by atoms with Gasteiger partial charge >= 0.3 is 0 Å². The van der Waals surface area contributed by atoms with Gasteiger partial charge in [0.1, 0.15) is 11.4 Å². The zero-order valence-electron chi connectivity index (χ0n) is 15.0. The maximum Gasteiger partial charge on any atom is 0.265 e. The monoisotopic (exact) mass is 392 g/mol. The number of ether oxygens (including phenoxy) is 1. The van der Waals surface area contributed by atoms with E-state index in [4.69, 9.17) is 9.26 Å². The molecular weight excluding hydrogens is 376 g/mol. The Hall–Kier alpha value is -3.32. The quantitative estimate of drug-likeness (QED) is 0.520. The number of para-hydroxylation sites is 1. The summed E-state index contributed by atoms with van der Waals surface area (Å²) in [6.45, 7) is 0.0677. The van der Waals surface area contributed by atoms with Crippen LogP contribution >= 0.6 is 0 Å². The molecule has 0 unspecified atom stereocenters. The van der Waals surface area contributed by atoms with Crippen LogP contribution in [-0.2, 0) is 16.6 Å². The zero-order chi connectivity index (χ0) is 19.3. The number of rotatable bonds is 4. The van der Waals surface area contributed by atoms with Crippen LogP contribution in [0.5, 0.6) is 5.75 Å². The third-order valence-electron chi connectivity index (χ3n) is 4.92. The van der Waals surface area contributed by atoms with Crippen molar-refractivity contribution in [3.05, 3.63) is 72.5 Å². The number of benzene rings is 3. The summed E-state index contributed by atoms with van der Waals surface area (Å²) in [7, 11) is -2.05. The van der Waals surface area contributed by atoms with Crippen LogP contribution in [0.4, 0.5) is 5.69 Å². The molecule has 0 bridgehead atoms. The van der Waals surface area contributed by atoms with E-state index < -0.39 is 10.0 Å². The molecule has 0 atom stereocenters. The molecule has 6 nitrogen and oxygen atoms in total. The van der Waals surface area contributed by atoms with Crippen molar-refractivity contribution >= 4 is 26.5 Å². The van der Waals surface area contributed by atoms with Crippen molar-refractivity contribution < 1.29 is 17.7 Å². The molecule has 3 aromatic carbocycles. The SMILES string of the molecule is COc1ccccc1-c1cc(CN2c3cccc4cccc(c34)S2(=O)=O)on1. The smallest absolute Gasteiger partial charge is 0.265 e. The van der Waals surface area contributed by atoms with Gasteiger partial charge in [-0.05, 0) is 29.7 Å². The van der Waals surface area contributed by atoms with Gasteiger partial charge in [0.15, 0.2) is 5.76 Å². The lowest BCUT2D eigenvalue weighted by Gasteiger charge is -2.16. The third-order valence-corrected chi connectivity index (χ3v) is 6.72. The molecular formula is C21H16N2O4S. The van der Waals surface area contributed by atoms with Crippen molar-refractivity contribution in [1.29, 1.82) is 0 Å². The molecule has 28 heavy (non-hydrogen) atoms. The van der Waals surface area contributed by atoms with E-state index in [0.717, 1.165) is 16.3 Å². The first-order valence-electron chi connectivity index (χ1n) is 8.73. The summed E-state index contributed by atoms with van der Waals surface area (Å²) < 4.78 is 38.4. The lowest BCUT2D eigenvalue weighted by molar-refractivity contribution is 0.385. The predicted octanol–water partition coefficient (Wildman–Crippen LogP) is 4.21. The molecule has 1 aromatic heterocycles. The summed E-state index contributed by atoms with van der Waals surface area (Å²) in [5.74, 6) is 1.13. The summed E-state index contributed by atoms with van der Waals surface area (Å²) in [6.07, 6.45) is 0. The van der Waals surface area contributed by atoms with Crippen LogP contribution in [0.1, 0.15) is 5.76 Å². The van der Waals surface area contributed by atoms with Crippen LogP contribution in [0.3, 0.4) is 0 Å². The fourth-order valence-electron chi connectivity index (χ4n) is 3.64. The van der Waals surface area contributed by atoms with Gasteiger partial charge in [-0.3, -0.25) is 4.31 Å². The number of nitrogens with zero attached hydrogens (tertiary/aromatic N) is 2. The number of aromatic nitrogens is 1. The topological polar surface area (TPSA) is 72.6 Å². The summed E-state index contributed by atoms with van der Waals surface area (Å²) in [4.78, 5) is 0.324. The molecule has 0 N–H and O–H groups in total. The second-order valence-electron chi connectivity index (χ2n) is 6.52. The summed E-state index contributed by atoms with van der Waals surface area (Å²) in [6, 6.07) is 20.1. The fourth-order valence-corrected chi connectivity index (χ4v) is 5.32. The molecule has 0 amide bonds. The Morgan fingerprint density at radius 2 is 1.82 bits per heavy atom. The first-order valence-corrected chi connectivity index (χ1v) is 10.2. The molecule has 0 saturated heterocycles. The summed E-state index contributed by atoms with van der Waals surface area (Å²) in [5, 5.41) is 5.75. The van der Waals surface area contributed by atoms with Gasteiger partial charge in [0, 0.05) is 17.0 Å². The molecule has 5 rings (SSSR count). The van der Waals surface area contributed by atoms with Crippen molar-refractivity contribution in [1.82, 2.24) is 5.16 Å².